The van der Waals surface area contributed by atoms with Crippen LogP contribution in [0.25, 0.3) is 0 Å². The monoisotopic (exact) mass is 456 g/mol. The van der Waals surface area contributed by atoms with Gasteiger partial charge in [-0.05, 0) is 53.5 Å². The van der Waals surface area contributed by atoms with Crippen LogP contribution in [0, 0.1) is 13.5 Å². The molecule has 0 aliphatic carbocycles. The summed E-state index contributed by atoms with van der Waals surface area (Å²) in [5, 5.41) is 3.75. The molecule has 0 atom stereocenters. The van der Waals surface area contributed by atoms with Crippen LogP contribution in [-0.2, 0) is 11.3 Å². The molecule has 0 amide bonds. The van der Waals surface area contributed by atoms with Gasteiger partial charge in [0.1, 0.15) is 0 Å². The maximum Gasteiger partial charge on any atom is 0.195 e. The highest BCUT2D eigenvalue weighted by Crippen LogP contribution is 2.33. The molecule has 0 aliphatic heterocycles. The van der Waals surface area contributed by atoms with E-state index in [0.29, 0.717) is 27.2 Å². The number of hydrogen-bond acceptors (Lipinski definition) is 3. The molecule has 1 radical (unpaired) electrons. The lowest BCUT2D eigenvalue weighted by atomic mass is 9.99. The van der Waals surface area contributed by atoms with Gasteiger partial charge >= 0.3 is 0 Å². The summed E-state index contributed by atoms with van der Waals surface area (Å²) in [6, 6.07) is 19.0. The predicted molar refractivity (Wildman–Crippen MR) is 118 cm³/mol. The molecule has 3 aromatic carbocycles. The molecule has 143 valence electrons. The van der Waals surface area contributed by atoms with Gasteiger partial charge in [0.05, 0.1) is 23.8 Å². The lowest BCUT2D eigenvalue weighted by Crippen LogP contribution is -2.06. The van der Waals surface area contributed by atoms with Crippen molar-refractivity contribution in [2.45, 2.75) is 20.5 Å². The van der Waals surface area contributed by atoms with Crippen LogP contribution >= 0.6 is 27.5 Å². The first-order chi connectivity index (χ1) is 13.5. The fourth-order valence-corrected chi connectivity index (χ4v) is 3.98. The van der Waals surface area contributed by atoms with Gasteiger partial charge in [0.25, 0.3) is 0 Å². The molecule has 0 aliphatic rings. The molecule has 0 saturated heterocycles. The first-order valence-electron chi connectivity index (χ1n) is 8.85. The Labute approximate surface area is 178 Å². The van der Waals surface area contributed by atoms with Gasteiger partial charge in [-0.3, -0.25) is 4.79 Å². The number of ether oxygens (including phenoxy) is 1. The number of anilines is 2. The Hall–Kier alpha value is -2.14. The van der Waals surface area contributed by atoms with Crippen LogP contribution in [0.4, 0.5) is 11.4 Å². The van der Waals surface area contributed by atoms with E-state index in [0.717, 1.165) is 22.5 Å². The summed E-state index contributed by atoms with van der Waals surface area (Å²) in [6.45, 7) is 5.89. The SMILES string of the molecule is C[CH]OCc1ccccc1Nc1cc(Cl)c(C(=O)c2ccccc2C)c(Br)c1. The second-order valence-electron chi connectivity index (χ2n) is 6.29. The first kappa shape index (κ1) is 20.6. The molecule has 0 saturated carbocycles. The minimum atomic E-state index is -0.103. The molecule has 0 heterocycles. The van der Waals surface area contributed by atoms with E-state index in [1.165, 1.54) is 0 Å². The van der Waals surface area contributed by atoms with E-state index in [2.05, 4.69) is 21.2 Å². The Morgan fingerprint density at radius 2 is 1.86 bits per heavy atom. The predicted octanol–water partition coefficient (Wildman–Crippen LogP) is 7.08. The molecule has 0 bridgehead atoms. The lowest BCUT2D eigenvalue weighted by molar-refractivity contribution is 0.103. The quantitative estimate of drug-likeness (QED) is 0.385. The number of carbonyl (C=O) groups excluding carboxylic acids is 1. The number of hydrogen-bond donors (Lipinski definition) is 1. The van der Waals surface area contributed by atoms with Crippen molar-refractivity contribution < 1.29 is 9.53 Å². The van der Waals surface area contributed by atoms with Gasteiger partial charge in [-0.2, -0.15) is 0 Å². The third kappa shape index (κ3) is 4.64. The van der Waals surface area contributed by atoms with Crippen molar-refractivity contribution in [3.05, 3.63) is 99.0 Å². The Balaban J connectivity index is 1.91. The van der Waals surface area contributed by atoms with Crippen molar-refractivity contribution in [3.63, 3.8) is 0 Å². The van der Waals surface area contributed by atoms with Gasteiger partial charge < -0.3 is 10.1 Å². The summed E-state index contributed by atoms with van der Waals surface area (Å²) in [5.74, 6) is -0.103. The second-order valence-corrected chi connectivity index (χ2v) is 7.55. The van der Waals surface area contributed by atoms with Gasteiger partial charge in [0.15, 0.2) is 5.78 Å². The second kappa shape index (κ2) is 9.37. The maximum atomic E-state index is 13.0. The van der Waals surface area contributed by atoms with Gasteiger partial charge in [0.2, 0.25) is 0 Å². The van der Waals surface area contributed by atoms with E-state index < -0.39 is 0 Å². The molecular formula is C23H20BrClNO2. The van der Waals surface area contributed by atoms with E-state index in [1.54, 1.807) is 12.7 Å². The molecular weight excluding hydrogens is 438 g/mol. The van der Waals surface area contributed by atoms with E-state index in [9.17, 15) is 4.79 Å². The summed E-state index contributed by atoms with van der Waals surface area (Å²) in [7, 11) is 0. The Morgan fingerprint density at radius 1 is 1.14 bits per heavy atom. The highest BCUT2D eigenvalue weighted by Gasteiger charge is 2.19. The van der Waals surface area contributed by atoms with Gasteiger partial charge in [0, 0.05) is 27.0 Å². The first-order valence-corrected chi connectivity index (χ1v) is 10.0. The van der Waals surface area contributed by atoms with E-state index in [-0.39, 0.29) is 5.78 Å². The van der Waals surface area contributed by atoms with Crippen LogP contribution in [0.15, 0.2) is 65.1 Å². The molecule has 3 aromatic rings. The summed E-state index contributed by atoms with van der Waals surface area (Å²) < 4.78 is 6.06. The van der Waals surface area contributed by atoms with Gasteiger partial charge in [-0.1, -0.05) is 54.1 Å². The van der Waals surface area contributed by atoms with Crippen LogP contribution in [0.3, 0.4) is 0 Å². The van der Waals surface area contributed by atoms with E-state index >= 15 is 0 Å². The van der Waals surface area contributed by atoms with Gasteiger partial charge in [-0.15, -0.1) is 0 Å². The lowest BCUT2D eigenvalue weighted by Gasteiger charge is -2.15. The molecule has 3 rings (SSSR count). The number of carbonyl (C=O) groups is 1. The highest BCUT2D eigenvalue weighted by molar-refractivity contribution is 9.10. The smallest absolute Gasteiger partial charge is 0.195 e. The third-order valence-electron chi connectivity index (χ3n) is 4.36. The normalized spacial score (nSPS) is 10.7. The Morgan fingerprint density at radius 3 is 2.57 bits per heavy atom. The Bertz CT molecular complexity index is 980. The highest BCUT2D eigenvalue weighted by atomic mass is 79.9. The number of para-hydroxylation sites is 1. The maximum absolute atomic E-state index is 13.0. The Kier molecular flexibility index (Phi) is 6.89. The molecule has 0 unspecified atom stereocenters. The largest absolute Gasteiger partial charge is 0.371 e. The number of rotatable bonds is 7. The standard InChI is InChI=1S/C23H20BrClNO2/c1-3-28-14-16-9-5-7-11-21(16)26-17-12-19(24)22(20(25)13-17)23(27)18-10-6-4-8-15(18)2/h3-13,26H,14H2,1-2H3. The van der Waals surface area contributed by atoms with Crippen molar-refractivity contribution in [2.24, 2.45) is 0 Å². The zero-order valence-corrected chi connectivity index (χ0v) is 18.0. The van der Waals surface area contributed by atoms with Crippen molar-refractivity contribution in [1.82, 2.24) is 0 Å². The molecule has 0 spiro atoms. The van der Waals surface area contributed by atoms with Crippen molar-refractivity contribution in [2.75, 3.05) is 5.32 Å². The number of halogens is 2. The van der Waals surface area contributed by atoms with Crippen LogP contribution in [0.2, 0.25) is 5.02 Å². The van der Waals surface area contributed by atoms with Crippen LogP contribution in [0.1, 0.15) is 34.0 Å². The molecule has 0 fully saturated rings. The van der Waals surface area contributed by atoms with Crippen molar-refractivity contribution in [3.8, 4) is 0 Å². The van der Waals surface area contributed by atoms with Crippen LogP contribution < -0.4 is 5.32 Å². The summed E-state index contributed by atoms with van der Waals surface area (Å²) in [4.78, 5) is 13.0. The number of ketones is 1. The molecule has 1 N–H and O–H groups in total. The molecule has 3 nitrogen and oxygen atoms in total. The van der Waals surface area contributed by atoms with Crippen molar-refractivity contribution >= 4 is 44.7 Å². The fraction of sp³-hybridized carbons (Fsp3) is 0.130. The molecule has 5 heteroatoms. The number of nitrogens with one attached hydrogen (secondary N) is 1. The zero-order chi connectivity index (χ0) is 20.1. The van der Waals surface area contributed by atoms with E-state index in [1.807, 2.05) is 68.4 Å². The summed E-state index contributed by atoms with van der Waals surface area (Å²) in [5.41, 5.74) is 4.74. The number of aryl methyl sites for hydroxylation is 1. The summed E-state index contributed by atoms with van der Waals surface area (Å²) in [6.07, 6.45) is 0. The molecule has 28 heavy (non-hydrogen) atoms. The third-order valence-corrected chi connectivity index (χ3v) is 5.28. The zero-order valence-electron chi connectivity index (χ0n) is 15.6. The van der Waals surface area contributed by atoms with Crippen LogP contribution in [0.5, 0.6) is 0 Å². The minimum absolute atomic E-state index is 0.103. The average Bonchev–Trinajstić information content (AvgIpc) is 2.67. The van der Waals surface area contributed by atoms with Gasteiger partial charge in [-0.25, -0.2) is 0 Å². The van der Waals surface area contributed by atoms with Crippen molar-refractivity contribution in [1.29, 1.82) is 0 Å². The fourth-order valence-electron chi connectivity index (χ4n) is 2.92. The van der Waals surface area contributed by atoms with E-state index in [4.69, 9.17) is 16.3 Å². The number of benzene rings is 3. The summed E-state index contributed by atoms with van der Waals surface area (Å²) >= 11 is 10.0. The topological polar surface area (TPSA) is 38.3 Å². The molecule has 0 aromatic heterocycles. The van der Waals surface area contributed by atoms with Crippen LogP contribution in [-0.4, -0.2) is 5.78 Å². The minimum Gasteiger partial charge on any atom is -0.371 e. The average molecular weight is 458 g/mol.